The molecule has 1 aliphatic carbocycles. The van der Waals surface area contributed by atoms with Crippen LogP contribution in [-0.2, 0) is 5.41 Å². The van der Waals surface area contributed by atoms with Crippen LogP contribution in [0.1, 0.15) is 72.8 Å². The van der Waals surface area contributed by atoms with E-state index in [9.17, 15) is 0 Å². The summed E-state index contributed by atoms with van der Waals surface area (Å²) in [5.74, 6) is 0.763. The first kappa shape index (κ1) is 16.4. The molecule has 0 amide bonds. The SMILES string of the molecule is CC(C)(C)c1ccccc1NC1CCCCC1C(C)(C)C. The maximum absolute atomic E-state index is 3.91. The standard InChI is InChI=1S/C20H33N/c1-19(2,3)15-11-7-9-13-17(15)21-18-14-10-8-12-16(18)20(4,5)6/h7,9,11,13,16,18,21H,8,10,12,14H2,1-6H3. The van der Waals surface area contributed by atoms with E-state index < -0.39 is 0 Å². The van der Waals surface area contributed by atoms with E-state index in [1.54, 1.807) is 0 Å². The van der Waals surface area contributed by atoms with E-state index in [-0.39, 0.29) is 5.41 Å². The van der Waals surface area contributed by atoms with Gasteiger partial charge in [-0.05, 0) is 41.2 Å². The topological polar surface area (TPSA) is 12.0 Å². The Balaban J connectivity index is 2.24. The van der Waals surface area contributed by atoms with Crippen molar-refractivity contribution in [3.63, 3.8) is 0 Å². The van der Waals surface area contributed by atoms with Crippen molar-refractivity contribution in [2.45, 2.75) is 78.7 Å². The number of hydrogen-bond acceptors (Lipinski definition) is 1. The molecule has 2 unspecified atom stereocenters. The normalized spacial score (nSPS) is 23.9. The highest BCUT2D eigenvalue weighted by atomic mass is 14.9. The molecule has 0 aromatic heterocycles. The fourth-order valence-electron chi connectivity index (χ4n) is 3.80. The molecule has 0 aliphatic heterocycles. The van der Waals surface area contributed by atoms with Crippen LogP contribution >= 0.6 is 0 Å². The molecule has 1 aromatic carbocycles. The first-order valence-corrected chi connectivity index (χ1v) is 8.55. The van der Waals surface area contributed by atoms with Crippen molar-refractivity contribution in [1.82, 2.24) is 0 Å². The number of para-hydroxylation sites is 1. The zero-order valence-corrected chi connectivity index (χ0v) is 14.8. The Kier molecular flexibility index (Phi) is 4.70. The largest absolute Gasteiger partial charge is 0.382 e. The third-order valence-corrected chi connectivity index (χ3v) is 4.95. The van der Waals surface area contributed by atoms with Gasteiger partial charge in [0.15, 0.2) is 0 Å². The van der Waals surface area contributed by atoms with Crippen molar-refractivity contribution in [1.29, 1.82) is 0 Å². The Morgan fingerprint density at radius 3 is 2.14 bits per heavy atom. The first-order chi connectivity index (χ1) is 9.69. The second kappa shape index (κ2) is 6.02. The van der Waals surface area contributed by atoms with E-state index in [1.807, 2.05) is 0 Å². The minimum Gasteiger partial charge on any atom is -0.382 e. The first-order valence-electron chi connectivity index (χ1n) is 8.55. The van der Waals surface area contributed by atoms with Gasteiger partial charge in [-0.15, -0.1) is 0 Å². The molecule has 0 spiro atoms. The van der Waals surface area contributed by atoms with Gasteiger partial charge < -0.3 is 5.32 Å². The minimum atomic E-state index is 0.190. The molecule has 1 nitrogen and oxygen atoms in total. The van der Waals surface area contributed by atoms with Crippen molar-refractivity contribution in [3.05, 3.63) is 29.8 Å². The number of anilines is 1. The smallest absolute Gasteiger partial charge is 0.0380 e. The van der Waals surface area contributed by atoms with Gasteiger partial charge in [-0.1, -0.05) is 72.6 Å². The minimum absolute atomic E-state index is 0.190. The van der Waals surface area contributed by atoms with Crippen molar-refractivity contribution < 1.29 is 0 Å². The van der Waals surface area contributed by atoms with Crippen LogP contribution < -0.4 is 5.32 Å². The molecular weight excluding hydrogens is 254 g/mol. The number of hydrogen-bond donors (Lipinski definition) is 1. The van der Waals surface area contributed by atoms with E-state index in [1.165, 1.54) is 36.9 Å². The van der Waals surface area contributed by atoms with E-state index in [0.717, 1.165) is 5.92 Å². The van der Waals surface area contributed by atoms with Gasteiger partial charge in [0, 0.05) is 11.7 Å². The van der Waals surface area contributed by atoms with E-state index in [2.05, 4.69) is 71.1 Å². The molecule has 2 atom stereocenters. The molecule has 0 heterocycles. The molecule has 1 fully saturated rings. The monoisotopic (exact) mass is 287 g/mol. The van der Waals surface area contributed by atoms with E-state index in [4.69, 9.17) is 0 Å². The molecule has 1 N–H and O–H groups in total. The van der Waals surface area contributed by atoms with Crippen LogP contribution in [0.2, 0.25) is 0 Å². The third kappa shape index (κ3) is 4.02. The molecule has 0 saturated heterocycles. The van der Waals surface area contributed by atoms with E-state index >= 15 is 0 Å². The fourth-order valence-corrected chi connectivity index (χ4v) is 3.80. The summed E-state index contributed by atoms with van der Waals surface area (Å²) >= 11 is 0. The average Bonchev–Trinajstić information content (AvgIpc) is 2.37. The summed E-state index contributed by atoms with van der Waals surface area (Å²) in [6.45, 7) is 14.1. The van der Waals surface area contributed by atoms with Crippen LogP contribution in [-0.4, -0.2) is 6.04 Å². The lowest BCUT2D eigenvalue weighted by Crippen LogP contribution is -2.40. The van der Waals surface area contributed by atoms with Crippen molar-refractivity contribution in [2.75, 3.05) is 5.32 Å². The number of rotatable bonds is 2. The Labute approximate surface area is 131 Å². The molecule has 1 saturated carbocycles. The predicted octanol–water partition coefficient (Wildman–Crippen LogP) is 6.00. The van der Waals surface area contributed by atoms with Gasteiger partial charge in [-0.3, -0.25) is 0 Å². The lowest BCUT2D eigenvalue weighted by Gasteiger charge is -2.42. The second-order valence-corrected chi connectivity index (χ2v) is 8.80. The van der Waals surface area contributed by atoms with Gasteiger partial charge in [0.25, 0.3) is 0 Å². The van der Waals surface area contributed by atoms with Crippen LogP contribution in [0.25, 0.3) is 0 Å². The predicted molar refractivity (Wildman–Crippen MR) is 94.0 cm³/mol. The van der Waals surface area contributed by atoms with Gasteiger partial charge in [0.05, 0.1) is 0 Å². The van der Waals surface area contributed by atoms with Gasteiger partial charge in [-0.2, -0.15) is 0 Å². The summed E-state index contributed by atoms with van der Waals surface area (Å²) in [4.78, 5) is 0. The highest BCUT2D eigenvalue weighted by molar-refractivity contribution is 5.54. The molecule has 21 heavy (non-hydrogen) atoms. The van der Waals surface area contributed by atoms with Crippen molar-refractivity contribution >= 4 is 5.69 Å². The highest BCUT2D eigenvalue weighted by Crippen LogP contribution is 2.40. The van der Waals surface area contributed by atoms with Crippen LogP contribution in [0.5, 0.6) is 0 Å². The molecule has 1 aromatic rings. The molecule has 1 aliphatic rings. The summed E-state index contributed by atoms with van der Waals surface area (Å²) < 4.78 is 0. The summed E-state index contributed by atoms with van der Waals surface area (Å²) in [5.41, 5.74) is 3.35. The summed E-state index contributed by atoms with van der Waals surface area (Å²) in [6, 6.07) is 9.47. The quantitative estimate of drug-likeness (QED) is 0.703. The number of benzene rings is 1. The third-order valence-electron chi connectivity index (χ3n) is 4.95. The maximum Gasteiger partial charge on any atom is 0.0380 e. The van der Waals surface area contributed by atoms with Crippen LogP contribution in [0, 0.1) is 11.3 Å². The van der Waals surface area contributed by atoms with Gasteiger partial charge in [0.1, 0.15) is 0 Å². The van der Waals surface area contributed by atoms with Crippen LogP contribution in [0.4, 0.5) is 5.69 Å². The fraction of sp³-hybridized carbons (Fsp3) is 0.700. The lowest BCUT2D eigenvalue weighted by molar-refractivity contribution is 0.162. The second-order valence-electron chi connectivity index (χ2n) is 8.80. The Morgan fingerprint density at radius 1 is 0.905 bits per heavy atom. The van der Waals surface area contributed by atoms with Crippen molar-refractivity contribution in [3.8, 4) is 0 Å². The van der Waals surface area contributed by atoms with Gasteiger partial charge in [0.2, 0.25) is 0 Å². The summed E-state index contributed by atoms with van der Waals surface area (Å²) in [7, 11) is 0. The summed E-state index contributed by atoms with van der Waals surface area (Å²) in [6.07, 6.45) is 5.42. The Bertz CT molecular complexity index is 461. The van der Waals surface area contributed by atoms with Gasteiger partial charge in [-0.25, -0.2) is 0 Å². The van der Waals surface area contributed by atoms with Crippen molar-refractivity contribution in [2.24, 2.45) is 11.3 Å². The van der Waals surface area contributed by atoms with Crippen LogP contribution in [0.15, 0.2) is 24.3 Å². The van der Waals surface area contributed by atoms with Gasteiger partial charge >= 0.3 is 0 Å². The lowest BCUT2D eigenvalue weighted by atomic mass is 9.69. The molecular formula is C20H33N. The zero-order valence-electron chi connectivity index (χ0n) is 14.8. The summed E-state index contributed by atoms with van der Waals surface area (Å²) in [5, 5.41) is 3.91. The molecule has 2 rings (SSSR count). The Hall–Kier alpha value is -0.980. The molecule has 0 radical (unpaired) electrons. The van der Waals surface area contributed by atoms with E-state index in [0.29, 0.717) is 11.5 Å². The maximum atomic E-state index is 3.91. The average molecular weight is 287 g/mol. The molecule has 0 bridgehead atoms. The number of nitrogens with one attached hydrogen (secondary N) is 1. The zero-order chi connectivity index (χ0) is 15.7. The molecule has 1 heteroatoms. The highest BCUT2D eigenvalue weighted by Gasteiger charge is 2.34. The Morgan fingerprint density at radius 2 is 1.52 bits per heavy atom. The van der Waals surface area contributed by atoms with Crippen LogP contribution in [0.3, 0.4) is 0 Å². The molecule has 118 valence electrons.